The lowest BCUT2D eigenvalue weighted by Gasteiger charge is -2.31. The number of imidazole rings is 1. The summed E-state index contributed by atoms with van der Waals surface area (Å²) in [6.45, 7) is 10.9. The molecule has 0 aliphatic carbocycles. The molecule has 1 saturated heterocycles. The van der Waals surface area contributed by atoms with Crippen LogP contribution >= 0.6 is 0 Å². The van der Waals surface area contributed by atoms with Crippen molar-refractivity contribution in [3.05, 3.63) is 17.7 Å². The molecule has 0 bridgehead atoms. The van der Waals surface area contributed by atoms with Gasteiger partial charge in [0.2, 0.25) is 0 Å². The molecule has 0 spiro atoms. The summed E-state index contributed by atoms with van der Waals surface area (Å²) in [6.07, 6.45) is 2.19. The molecule has 1 aliphatic heterocycles. The molecular weight excluding hydrogens is 200 g/mol. The Kier molecular flexibility index (Phi) is 3.61. The van der Waals surface area contributed by atoms with Crippen LogP contribution < -0.4 is 0 Å². The molecule has 0 N–H and O–H groups in total. The molecule has 1 aromatic rings. The highest BCUT2D eigenvalue weighted by Crippen LogP contribution is 2.08. The van der Waals surface area contributed by atoms with Gasteiger partial charge in [-0.15, -0.1) is 0 Å². The minimum atomic E-state index is 1.00. The minimum Gasteiger partial charge on any atom is -0.335 e. The molecule has 4 nitrogen and oxygen atoms in total. The van der Waals surface area contributed by atoms with Crippen LogP contribution in [0.2, 0.25) is 0 Å². The first-order valence-corrected chi connectivity index (χ1v) is 6.12. The van der Waals surface area contributed by atoms with Crippen molar-refractivity contribution in [1.29, 1.82) is 0 Å². The first-order valence-electron chi connectivity index (χ1n) is 6.12. The monoisotopic (exact) mass is 222 g/mol. The third kappa shape index (κ3) is 2.62. The Hall–Kier alpha value is -0.870. The van der Waals surface area contributed by atoms with Crippen LogP contribution in [0.15, 0.2) is 6.20 Å². The van der Waals surface area contributed by atoms with Gasteiger partial charge in [0.05, 0.1) is 5.69 Å². The molecule has 0 saturated carbocycles. The van der Waals surface area contributed by atoms with Crippen molar-refractivity contribution < 1.29 is 0 Å². The van der Waals surface area contributed by atoms with Gasteiger partial charge in [0.15, 0.2) is 0 Å². The van der Waals surface area contributed by atoms with Crippen molar-refractivity contribution in [3.8, 4) is 0 Å². The predicted octanol–water partition coefficient (Wildman–Crippen LogP) is 0.959. The maximum absolute atomic E-state index is 4.60. The summed E-state index contributed by atoms with van der Waals surface area (Å²) < 4.78 is 2.21. The zero-order valence-electron chi connectivity index (χ0n) is 10.6. The molecule has 2 heterocycles. The molecule has 4 heteroatoms. The zero-order valence-corrected chi connectivity index (χ0v) is 10.6. The van der Waals surface area contributed by atoms with Crippen LogP contribution in [-0.4, -0.2) is 52.6 Å². The van der Waals surface area contributed by atoms with Gasteiger partial charge in [0.1, 0.15) is 5.82 Å². The number of hydrogen-bond acceptors (Lipinski definition) is 3. The van der Waals surface area contributed by atoms with Crippen molar-refractivity contribution in [2.24, 2.45) is 0 Å². The van der Waals surface area contributed by atoms with E-state index < -0.39 is 0 Å². The molecule has 90 valence electrons. The summed E-state index contributed by atoms with van der Waals surface area (Å²) in [4.78, 5) is 9.47. The average molecular weight is 222 g/mol. The summed E-state index contributed by atoms with van der Waals surface area (Å²) in [5.41, 5.74) is 1.21. The Morgan fingerprint density at radius 1 is 1.25 bits per heavy atom. The smallest absolute Gasteiger partial charge is 0.105 e. The first kappa shape index (κ1) is 11.6. The predicted molar refractivity (Wildman–Crippen MR) is 65.4 cm³/mol. The number of aromatic nitrogens is 2. The lowest BCUT2D eigenvalue weighted by atomic mass is 10.3. The second-order valence-corrected chi connectivity index (χ2v) is 4.64. The van der Waals surface area contributed by atoms with E-state index in [9.17, 15) is 0 Å². The molecule has 0 amide bonds. The molecule has 0 radical (unpaired) electrons. The van der Waals surface area contributed by atoms with E-state index in [-0.39, 0.29) is 0 Å². The lowest BCUT2D eigenvalue weighted by molar-refractivity contribution is 0.147. The van der Waals surface area contributed by atoms with E-state index in [1.54, 1.807) is 0 Å². The summed E-state index contributed by atoms with van der Waals surface area (Å²) >= 11 is 0. The fourth-order valence-corrected chi connectivity index (χ4v) is 2.21. The van der Waals surface area contributed by atoms with E-state index in [1.165, 1.54) is 18.8 Å². The molecular formula is C12H22N4. The Morgan fingerprint density at radius 3 is 2.50 bits per heavy atom. The normalized spacial score (nSPS) is 19.2. The number of rotatable bonds is 3. The molecule has 2 rings (SSSR count). The van der Waals surface area contributed by atoms with E-state index in [1.807, 2.05) is 0 Å². The summed E-state index contributed by atoms with van der Waals surface area (Å²) in [7, 11) is 2.19. The third-order valence-electron chi connectivity index (χ3n) is 3.35. The zero-order chi connectivity index (χ0) is 11.5. The molecule has 1 aromatic heterocycles. The van der Waals surface area contributed by atoms with Gasteiger partial charge < -0.3 is 9.47 Å². The third-order valence-corrected chi connectivity index (χ3v) is 3.35. The highest BCUT2D eigenvalue weighted by Gasteiger charge is 2.15. The summed E-state index contributed by atoms with van der Waals surface area (Å²) in [6, 6.07) is 0. The van der Waals surface area contributed by atoms with Crippen LogP contribution in [0, 0.1) is 6.92 Å². The van der Waals surface area contributed by atoms with Gasteiger partial charge in [-0.05, 0) is 20.9 Å². The van der Waals surface area contributed by atoms with Crippen molar-refractivity contribution in [1.82, 2.24) is 19.4 Å². The van der Waals surface area contributed by atoms with Crippen LogP contribution in [0.4, 0.5) is 0 Å². The number of nitrogens with zero attached hydrogens (tertiary/aromatic N) is 4. The van der Waals surface area contributed by atoms with E-state index >= 15 is 0 Å². The number of hydrogen-bond donors (Lipinski definition) is 0. The molecule has 0 unspecified atom stereocenters. The van der Waals surface area contributed by atoms with Gasteiger partial charge in [0.25, 0.3) is 0 Å². The average Bonchev–Trinajstić information content (AvgIpc) is 2.62. The summed E-state index contributed by atoms with van der Waals surface area (Å²) in [5, 5.41) is 0. The van der Waals surface area contributed by atoms with Crippen LogP contribution in [0.25, 0.3) is 0 Å². The fraction of sp³-hybridized carbons (Fsp3) is 0.750. The maximum atomic E-state index is 4.60. The minimum absolute atomic E-state index is 1.00. The van der Waals surface area contributed by atoms with Gasteiger partial charge in [-0.2, -0.15) is 0 Å². The molecule has 0 aromatic carbocycles. The largest absolute Gasteiger partial charge is 0.335 e. The number of aryl methyl sites for hydroxylation is 2. The number of piperazine rings is 1. The van der Waals surface area contributed by atoms with Crippen molar-refractivity contribution >= 4 is 0 Å². The van der Waals surface area contributed by atoms with Crippen LogP contribution in [0.5, 0.6) is 0 Å². The molecule has 16 heavy (non-hydrogen) atoms. The van der Waals surface area contributed by atoms with Crippen LogP contribution in [-0.2, 0) is 13.1 Å². The van der Waals surface area contributed by atoms with Crippen molar-refractivity contribution in [2.45, 2.75) is 26.9 Å². The van der Waals surface area contributed by atoms with Crippen LogP contribution in [0.1, 0.15) is 18.4 Å². The lowest BCUT2D eigenvalue weighted by Crippen LogP contribution is -2.43. The highest BCUT2D eigenvalue weighted by atomic mass is 15.2. The Balaban J connectivity index is 1.93. The number of likely N-dealkylation sites (N-methyl/N-ethyl adjacent to an activating group) is 1. The van der Waals surface area contributed by atoms with Crippen molar-refractivity contribution in [2.75, 3.05) is 33.2 Å². The van der Waals surface area contributed by atoms with Gasteiger partial charge in [-0.3, -0.25) is 4.90 Å². The standard InChI is InChI=1S/C12H22N4/c1-4-16-10-12(13-11(16)2)9-15-7-5-14(3)6-8-15/h10H,4-9H2,1-3H3. The second kappa shape index (κ2) is 4.97. The quantitative estimate of drug-likeness (QED) is 0.761. The van der Waals surface area contributed by atoms with Crippen LogP contribution in [0.3, 0.4) is 0 Å². The van der Waals surface area contributed by atoms with Gasteiger partial charge in [-0.1, -0.05) is 0 Å². The van der Waals surface area contributed by atoms with E-state index in [0.29, 0.717) is 0 Å². The van der Waals surface area contributed by atoms with E-state index in [4.69, 9.17) is 0 Å². The van der Waals surface area contributed by atoms with Gasteiger partial charge in [0, 0.05) is 45.5 Å². The Morgan fingerprint density at radius 2 is 1.94 bits per heavy atom. The second-order valence-electron chi connectivity index (χ2n) is 4.64. The van der Waals surface area contributed by atoms with Gasteiger partial charge in [-0.25, -0.2) is 4.98 Å². The van der Waals surface area contributed by atoms with Crippen molar-refractivity contribution in [3.63, 3.8) is 0 Å². The highest BCUT2D eigenvalue weighted by molar-refractivity contribution is 5.03. The molecule has 0 atom stereocenters. The van der Waals surface area contributed by atoms with E-state index in [0.717, 1.165) is 32.0 Å². The van der Waals surface area contributed by atoms with E-state index in [2.05, 4.69) is 46.4 Å². The molecule has 1 fully saturated rings. The topological polar surface area (TPSA) is 24.3 Å². The Bertz CT molecular complexity index is 337. The fourth-order valence-electron chi connectivity index (χ4n) is 2.21. The first-order chi connectivity index (χ1) is 7.69. The SMILES string of the molecule is CCn1cc(CN2CCN(C)CC2)nc1C. The Labute approximate surface area is 97.9 Å². The van der Waals surface area contributed by atoms with Gasteiger partial charge >= 0.3 is 0 Å². The summed E-state index contributed by atoms with van der Waals surface area (Å²) in [5.74, 6) is 1.13. The molecule has 1 aliphatic rings. The maximum Gasteiger partial charge on any atom is 0.105 e.